The van der Waals surface area contributed by atoms with Crippen LogP contribution in [0, 0.1) is 17.6 Å². The van der Waals surface area contributed by atoms with Crippen LogP contribution in [-0.2, 0) is 11.3 Å². The lowest BCUT2D eigenvalue weighted by atomic mass is 10.1. The molecule has 1 rings (SSSR count). The number of aliphatic imine (C=N–C) groups is 1. The number of nitrogens with one attached hydrogen (secondary N) is 2. The second-order valence-corrected chi connectivity index (χ2v) is 5.38. The smallest absolute Gasteiger partial charge is 0.191 e. The first-order valence-electron chi connectivity index (χ1n) is 7.49. The standard InChI is InChI=1S/C16H25F2N3O/c1-12(2)6-8-22-9-7-20-16(19-3)21-11-13-10-14(17)4-5-15(13)18/h4-5,10,12H,6-9,11H2,1-3H3,(H2,19,20,21). The van der Waals surface area contributed by atoms with Gasteiger partial charge in [0.05, 0.1) is 6.61 Å². The molecule has 0 saturated carbocycles. The van der Waals surface area contributed by atoms with Crippen LogP contribution in [0.1, 0.15) is 25.8 Å². The second-order valence-electron chi connectivity index (χ2n) is 5.38. The van der Waals surface area contributed by atoms with Gasteiger partial charge in [0.25, 0.3) is 0 Å². The van der Waals surface area contributed by atoms with E-state index in [0.29, 0.717) is 25.0 Å². The molecule has 6 heteroatoms. The van der Waals surface area contributed by atoms with Gasteiger partial charge in [0.2, 0.25) is 0 Å². The van der Waals surface area contributed by atoms with Crippen molar-refractivity contribution >= 4 is 5.96 Å². The summed E-state index contributed by atoms with van der Waals surface area (Å²) in [7, 11) is 1.62. The average Bonchev–Trinajstić information content (AvgIpc) is 2.48. The number of nitrogens with zero attached hydrogens (tertiary/aromatic N) is 1. The van der Waals surface area contributed by atoms with Crippen LogP contribution in [0.5, 0.6) is 0 Å². The van der Waals surface area contributed by atoms with Gasteiger partial charge in [0, 0.05) is 32.3 Å². The molecule has 0 spiro atoms. The molecule has 0 aromatic heterocycles. The van der Waals surface area contributed by atoms with Crippen molar-refractivity contribution in [3.05, 3.63) is 35.4 Å². The van der Waals surface area contributed by atoms with E-state index in [-0.39, 0.29) is 12.1 Å². The first-order chi connectivity index (χ1) is 10.5. The molecule has 0 bridgehead atoms. The van der Waals surface area contributed by atoms with E-state index in [2.05, 4.69) is 29.5 Å². The topological polar surface area (TPSA) is 45.7 Å². The van der Waals surface area contributed by atoms with Gasteiger partial charge < -0.3 is 15.4 Å². The molecule has 0 radical (unpaired) electrons. The van der Waals surface area contributed by atoms with E-state index in [1.165, 1.54) is 6.07 Å². The summed E-state index contributed by atoms with van der Waals surface area (Å²) in [6, 6.07) is 3.39. The fraction of sp³-hybridized carbons (Fsp3) is 0.562. The summed E-state index contributed by atoms with van der Waals surface area (Å²) < 4.78 is 32.1. The number of rotatable bonds is 8. The minimum atomic E-state index is -0.459. The van der Waals surface area contributed by atoms with Crippen LogP contribution in [0.25, 0.3) is 0 Å². The molecule has 2 N–H and O–H groups in total. The lowest BCUT2D eigenvalue weighted by Crippen LogP contribution is -2.38. The van der Waals surface area contributed by atoms with Gasteiger partial charge in [-0.05, 0) is 30.5 Å². The third-order valence-corrected chi connectivity index (χ3v) is 3.06. The lowest BCUT2D eigenvalue weighted by molar-refractivity contribution is 0.128. The SMILES string of the molecule is CN=C(NCCOCCC(C)C)NCc1cc(F)ccc1F. The monoisotopic (exact) mass is 313 g/mol. The Bertz CT molecular complexity index is 478. The Morgan fingerprint density at radius 2 is 2.00 bits per heavy atom. The van der Waals surface area contributed by atoms with Gasteiger partial charge in [-0.25, -0.2) is 8.78 Å². The van der Waals surface area contributed by atoms with Gasteiger partial charge in [0.15, 0.2) is 5.96 Å². The van der Waals surface area contributed by atoms with Crippen molar-refractivity contribution in [1.29, 1.82) is 0 Å². The first-order valence-corrected chi connectivity index (χ1v) is 7.49. The molecule has 4 nitrogen and oxygen atoms in total. The minimum absolute atomic E-state index is 0.164. The summed E-state index contributed by atoms with van der Waals surface area (Å²) in [4.78, 5) is 4.02. The van der Waals surface area contributed by atoms with Gasteiger partial charge in [-0.2, -0.15) is 0 Å². The highest BCUT2D eigenvalue weighted by Gasteiger charge is 2.05. The predicted octanol–water partition coefficient (Wildman–Crippen LogP) is 2.69. The Balaban J connectivity index is 2.27. The van der Waals surface area contributed by atoms with Gasteiger partial charge in [-0.1, -0.05) is 13.8 Å². The number of hydrogen-bond donors (Lipinski definition) is 2. The summed E-state index contributed by atoms with van der Waals surface area (Å²) in [6.07, 6.45) is 1.03. The Morgan fingerprint density at radius 3 is 2.68 bits per heavy atom. The van der Waals surface area contributed by atoms with E-state index in [4.69, 9.17) is 4.74 Å². The Kier molecular flexibility index (Phi) is 8.43. The summed E-state index contributed by atoms with van der Waals surface area (Å²) in [5.41, 5.74) is 0.260. The van der Waals surface area contributed by atoms with E-state index in [1.807, 2.05) is 0 Å². The van der Waals surface area contributed by atoms with E-state index in [0.717, 1.165) is 25.2 Å². The van der Waals surface area contributed by atoms with E-state index in [1.54, 1.807) is 7.05 Å². The summed E-state index contributed by atoms with van der Waals surface area (Å²) >= 11 is 0. The Hall–Kier alpha value is -1.69. The fourth-order valence-corrected chi connectivity index (χ4v) is 1.74. The van der Waals surface area contributed by atoms with Crippen LogP contribution in [0.4, 0.5) is 8.78 Å². The number of guanidine groups is 1. The molecule has 124 valence electrons. The van der Waals surface area contributed by atoms with Crippen LogP contribution in [0.2, 0.25) is 0 Å². The van der Waals surface area contributed by atoms with Crippen LogP contribution < -0.4 is 10.6 Å². The zero-order valence-electron chi connectivity index (χ0n) is 13.5. The van der Waals surface area contributed by atoms with Crippen LogP contribution in [0.3, 0.4) is 0 Å². The van der Waals surface area contributed by atoms with Crippen LogP contribution >= 0.6 is 0 Å². The molecule has 22 heavy (non-hydrogen) atoms. The first kappa shape index (κ1) is 18.4. The Morgan fingerprint density at radius 1 is 1.23 bits per heavy atom. The van der Waals surface area contributed by atoms with Crippen molar-refractivity contribution in [2.75, 3.05) is 26.8 Å². The highest BCUT2D eigenvalue weighted by Crippen LogP contribution is 2.08. The van der Waals surface area contributed by atoms with E-state index in [9.17, 15) is 8.78 Å². The minimum Gasteiger partial charge on any atom is -0.380 e. The van der Waals surface area contributed by atoms with Crippen LogP contribution in [-0.4, -0.2) is 32.8 Å². The largest absolute Gasteiger partial charge is 0.380 e. The van der Waals surface area contributed by atoms with E-state index < -0.39 is 11.6 Å². The van der Waals surface area contributed by atoms with Crippen molar-refractivity contribution < 1.29 is 13.5 Å². The molecule has 0 fully saturated rings. The maximum atomic E-state index is 13.5. The molecule has 0 aliphatic carbocycles. The highest BCUT2D eigenvalue weighted by atomic mass is 19.1. The predicted molar refractivity (Wildman–Crippen MR) is 84.8 cm³/mol. The number of halogens is 2. The molecular weight excluding hydrogens is 288 g/mol. The summed E-state index contributed by atoms with van der Waals surface area (Å²) in [5, 5.41) is 6.00. The number of benzene rings is 1. The molecule has 0 unspecified atom stereocenters. The summed E-state index contributed by atoms with van der Waals surface area (Å²) in [6.45, 7) is 6.38. The third kappa shape index (κ3) is 7.36. The molecule has 0 aliphatic rings. The second kappa shape index (κ2) is 10.1. The van der Waals surface area contributed by atoms with Crippen molar-refractivity contribution in [2.45, 2.75) is 26.8 Å². The Labute approximate surface area is 131 Å². The quantitative estimate of drug-likeness (QED) is 0.441. The van der Waals surface area contributed by atoms with Gasteiger partial charge in [0.1, 0.15) is 11.6 Å². The molecule has 0 heterocycles. The zero-order chi connectivity index (χ0) is 16.4. The molecular formula is C16H25F2N3O. The van der Waals surface area contributed by atoms with Crippen molar-refractivity contribution in [3.8, 4) is 0 Å². The molecule has 1 aromatic rings. The van der Waals surface area contributed by atoms with Crippen molar-refractivity contribution in [2.24, 2.45) is 10.9 Å². The summed E-state index contributed by atoms with van der Waals surface area (Å²) in [5.74, 6) is 0.251. The van der Waals surface area contributed by atoms with E-state index >= 15 is 0 Å². The average molecular weight is 313 g/mol. The zero-order valence-corrected chi connectivity index (χ0v) is 13.5. The maximum Gasteiger partial charge on any atom is 0.191 e. The molecule has 0 aliphatic heterocycles. The molecule has 1 aromatic carbocycles. The van der Waals surface area contributed by atoms with Gasteiger partial charge >= 0.3 is 0 Å². The van der Waals surface area contributed by atoms with Crippen molar-refractivity contribution in [1.82, 2.24) is 10.6 Å². The number of ether oxygens (including phenoxy) is 1. The maximum absolute atomic E-state index is 13.5. The normalized spacial score (nSPS) is 11.8. The third-order valence-electron chi connectivity index (χ3n) is 3.06. The molecule has 0 saturated heterocycles. The number of hydrogen-bond acceptors (Lipinski definition) is 2. The van der Waals surface area contributed by atoms with Gasteiger partial charge in [-0.3, -0.25) is 4.99 Å². The highest BCUT2D eigenvalue weighted by molar-refractivity contribution is 5.79. The van der Waals surface area contributed by atoms with Crippen LogP contribution in [0.15, 0.2) is 23.2 Å². The lowest BCUT2D eigenvalue weighted by Gasteiger charge is -2.13. The molecule has 0 atom stereocenters. The fourth-order valence-electron chi connectivity index (χ4n) is 1.74. The van der Waals surface area contributed by atoms with Gasteiger partial charge in [-0.15, -0.1) is 0 Å². The molecule has 0 amide bonds. The van der Waals surface area contributed by atoms with Crippen molar-refractivity contribution in [3.63, 3.8) is 0 Å².